The van der Waals surface area contributed by atoms with E-state index in [1.54, 1.807) is 6.07 Å². The minimum Gasteiger partial charge on any atom is -0.493 e. The molecule has 2 N–H and O–H groups in total. The zero-order valence-electron chi connectivity index (χ0n) is 9.86. The summed E-state index contributed by atoms with van der Waals surface area (Å²) in [6, 6.07) is 3.64. The summed E-state index contributed by atoms with van der Waals surface area (Å²) in [7, 11) is 1.37. The molecule has 0 spiro atoms. The second kappa shape index (κ2) is 4.98. The van der Waals surface area contributed by atoms with Crippen LogP contribution in [-0.2, 0) is 4.74 Å². The third kappa shape index (κ3) is 2.25. The summed E-state index contributed by atoms with van der Waals surface area (Å²) in [6.45, 7) is 0.591. The third-order valence-electron chi connectivity index (χ3n) is 2.82. The summed E-state index contributed by atoms with van der Waals surface area (Å²) in [5, 5.41) is 0. The van der Waals surface area contributed by atoms with E-state index in [4.69, 9.17) is 15.2 Å². The van der Waals surface area contributed by atoms with Crippen molar-refractivity contribution in [1.29, 1.82) is 0 Å². The largest absolute Gasteiger partial charge is 0.493 e. The molecule has 0 amide bonds. The van der Waals surface area contributed by atoms with Gasteiger partial charge in [-0.2, -0.15) is 0 Å². The van der Waals surface area contributed by atoms with Gasteiger partial charge in [0.15, 0.2) is 0 Å². The van der Waals surface area contributed by atoms with E-state index in [0.717, 1.165) is 16.9 Å². The average molecular weight is 253 g/mol. The van der Waals surface area contributed by atoms with E-state index in [-0.39, 0.29) is 12.0 Å². The highest BCUT2D eigenvalue weighted by atomic mass is 32.2. The van der Waals surface area contributed by atoms with Crippen molar-refractivity contribution in [2.75, 3.05) is 20.0 Å². The smallest absolute Gasteiger partial charge is 0.339 e. The van der Waals surface area contributed by atoms with Gasteiger partial charge in [0, 0.05) is 22.9 Å². The number of esters is 1. The summed E-state index contributed by atoms with van der Waals surface area (Å²) in [4.78, 5) is 12.5. The van der Waals surface area contributed by atoms with Crippen molar-refractivity contribution >= 4 is 17.7 Å². The molecule has 0 radical (unpaired) electrons. The SMILES string of the molecule is COC(=O)c1cc2c(cc1SC)[C@@H](N)CCO2. The second-order valence-electron chi connectivity index (χ2n) is 3.83. The predicted molar refractivity (Wildman–Crippen MR) is 66.6 cm³/mol. The van der Waals surface area contributed by atoms with E-state index in [2.05, 4.69) is 0 Å². The number of carbonyl (C=O) groups excluding carboxylic acids is 1. The van der Waals surface area contributed by atoms with Crippen molar-refractivity contribution in [3.8, 4) is 5.75 Å². The molecule has 17 heavy (non-hydrogen) atoms. The Labute approximate surface area is 104 Å². The lowest BCUT2D eigenvalue weighted by molar-refractivity contribution is 0.0596. The normalized spacial score (nSPS) is 18.2. The van der Waals surface area contributed by atoms with Gasteiger partial charge in [-0.25, -0.2) is 4.79 Å². The molecule has 1 atom stereocenters. The van der Waals surface area contributed by atoms with Gasteiger partial charge in [-0.05, 0) is 18.4 Å². The topological polar surface area (TPSA) is 61.5 Å². The molecule has 2 rings (SSSR count). The van der Waals surface area contributed by atoms with Crippen LogP contribution in [0.2, 0.25) is 0 Å². The first-order valence-corrected chi connectivity index (χ1v) is 6.58. The van der Waals surface area contributed by atoms with Crippen LogP contribution in [-0.4, -0.2) is 25.9 Å². The number of rotatable bonds is 2. The maximum Gasteiger partial charge on any atom is 0.339 e. The molecular weight excluding hydrogens is 238 g/mol. The van der Waals surface area contributed by atoms with Gasteiger partial charge in [-0.1, -0.05) is 0 Å². The van der Waals surface area contributed by atoms with E-state index in [1.165, 1.54) is 18.9 Å². The third-order valence-corrected chi connectivity index (χ3v) is 3.60. The van der Waals surface area contributed by atoms with E-state index < -0.39 is 0 Å². The Morgan fingerprint density at radius 1 is 1.59 bits per heavy atom. The molecule has 0 saturated carbocycles. The summed E-state index contributed by atoms with van der Waals surface area (Å²) in [5.74, 6) is 0.349. The molecule has 0 bridgehead atoms. The van der Waals surface area contributed by atoms with Crippen molar-refractivity contribution in [2.45, 2.75) is 17.4 Å². The van der Waals surface area contributed by atoms with Gasteiger partial charge in [0.2, 0.25) is 0 Å². The molecule has 1 aromatic rings. The number of carbonyl (C=O) groups is 1. The van der Waals surface area contributed by atoms with Crippen molar-refractivity contribution in [1.82, 2.24) is 0 Å². The number of hydrogen-bond donors (Lipinski definition) is 1. The first kappa shape index (κ1) is 12.3. The fourth-order valence-corrected chi connectivity index (χ4v) is 2.49. The fourth-order valence-electron chi connectivity index (χ4n) is 1.88. The molecule has 0 saturated heterocycles. The molecule has 0 fully saturated rings. The van der Waals surface area contributed by atoms with Crippen LogP contribution in [0.4, 0.5) is 0 Å². The minimum atomic E-state index is -0.347. The fraction of sp³-hybridized carbons (Fsp3) is 0.417. The maximum absolute atomic E-state index is 11.6. The van der Waals surface area contributed by atoms with Gasteiger partial charge < -0.3 is 15.2 Å². The van der Waals surface area contributed by atoms with Crippen LogP contribution in [0.25, 0.3) is 0 Å². The highest BCUT2D eigenvalue weighted by Gasteiger charge is 2.22. The Bertz CT molecular complexity index is 448. The standard InChI is InChI=1S/C12H15NO3S/c1-15-12(14)8-5-10-7(6-11(8)17-2)9(13)3-4-16-10/h5-6,9H,3-4,13H2,1-2H3/t9-/m0/s1. The van der Waals surface area contributed by atoms with E-state index in [1.807, 2.05) is 12.3 Å². The Morgan fingerprint density at radius 3 is 3.00 bits per heavy atom. The van der Waals surface area contributed by atoms with E-state index in [0.29, 0.717) is 17.9 Å². The van der Waals surface area contributed by atoms with Gasteiger partial charge >= 0.3 is 5.97 Å². The Hall–Kier alpha value is -1.20. The average Bonchev–Trinajstić information content (AvgIpc) is 2.37. The molecule has 92 valence electrons. The second-order valence-corrected chi connectivity index (χ2v) is 4.67. The summed E-state index contributed by atoms with van der Waals surface area (Å²) >= 11 is 1.50. The number of methoxy groups -OCH3 is 1. The number of thioether (sulfide) groups is 1. The van der Waals surface area contributed by atoms with Crippen LogP contribution in [0.1, 0.15) is 28.4 Å². The lowest BCUT2D eigenvalue weighted by atomic mass is 9.99. The minimum absolute atomic E-state index is 0.0173. The monoisotopic (exact) mass is 253 g/mol. The summed E-state index contributed by atoms with van der Waals surface area (Å²) in [6.07, 6.45) is 2.72. The quantitative estimate of drug-likeness (QED) is 0.645. The summed E-state index contributed by atoms with van der Waals surface area (Å²) < 4.78 is 10.3. The van der Waals surface area contributed by atoms with Crippen LogP contribution < -0.4 is 10.5 Å². The van der Waals surface area contributed by atoms with Gasteiger partial charge in [0.25, 0.3) is 0 Å². The van der Waals surface area contributed by atoms with E-state index in [9.17, 15) is 4.79 Å². The van der Waals surface area contributed by atoms with Crippen LogP contribution in [0.15, 0.2) is 17.0 Å². The number of ether oxygens (including phenoxy) is 2. The van der Waals surface area contributed by atoms with Crippen LogP contribution in [0.5, 0.6) is 5.75 Å². The first-order valence-electron chi connectivity index (χ1n) is 5.36. The number of fused-ring (bicyclic) bond motifs is 1. The number of benzene rings is 1. The molecule has 0 aliphatic carbocycles. The van der Waals surface area contributed by atoms with Crippen molar-refractivity contribution in [2.24, 2.45) is 5.73 Å². The number of nitrogens with two attached hydrogens (primary N) is 1. The molecule has 4 nitrogen and oxygen atoms in total. The summed E-state index contributed by atoms with van der Waals surface area (Å²) in [5.41, 5.74) is 7.52. The lowest BCUT2D eigenvalue weighted by Gasteiger charge is -2.24. The van der Waals surface area contributed by atoms with Gasteiger partial charge in [0.05, 0.1) is 19.3 Å². The molecule has 5 heteroatoms. The molecule has 1 aliphatic rings. The Morgan fingerprint density at radius 2 is 2.35 bits per heavy atom. The molecule has 1 aromatic carbocycles. The lowest BCUT2D eigenvalue weighted by Crippen LogP contribution is -2.21. The highest BCUT2D eigenvalue weighted by Crippen LogP contribution is 2.36. The zero-order chi connectivity index (χ0) is 12.4. The van der Waals surface area contributed by atoms with Gasteiger partial charge in [-0.3, -0.25) is 0 Å². The van der Waals surface area contributed by atoms with Crippen LogP contribution in [0.3, 0.4) is 0 Å². The Balaban J connectivity index is 2.51. The zero-order valence-corrected chi connectivity index (χ0v) is 10.7. The van der Waals surface area contributed by atoms with Gasteiger partial charge in [0.1, 0.15) is 5.75 Å². The highest BCUT2D eigenvalue weighted by molar-refractivity contribution is 7.98. The van der Waals surface area contributed by atoms with Crippen LogP contribution >= 0.6 is 11.8 Å². The maximum atomic E-state index is 11.6. The molecule has 0 aromatic heterocycles. The van der Waals surface area contributed by atoms with Crippen molar-refractivity contribution in [3.63, 3.8) is 0 Å². The van der Waals surface area contributed by atoms with Gasteiger partial charge in [-0.15, -0.1) is 11.8 Å². The predicted octanol–water partition coefficient (Wildman–Crippen LogP) is 1.98. The molecular formula is C12H15NO3S. The van der Waals surface area contributed by atoms with Crippen LogP contribution in [0, 0.1) is 0 Å². The Kier molecular flexibility index (Phi) is 3.59. The van der Waals surface area contributed by atoms with Crippen molar-refractivity contribution in [3.05, 3.63) is 23.3 Å². The molecule has 1 aliphatic heterocycles. The molecule has 0 unspecified atom stereocenters. The van der Waals surface area contributed by atoms with E-state index >= 15 is 0 Å². The van der Waals surface area contributed by atoms with Crippen molar-refractivity contribution < 1.29 is 14.3 Å². The number of hydrogen-bond acceptors (Lipinski definition) is 5. The first-order chi connectivity index (χ1) is 8.17. The molecule has 1 heterocycles.